The summed E-state index contributed by atoms with van der Waals surface area (Å²) in [6.45, 7) is 6.72. The summed E-state index contributed by atoms with van der Waals surface area (Å²) in [6, 6.07) is 0. The van der Waals surface area contributed by atoms with Crippen LogP contribution in [0.5, 0.6) is 0 Å². The van der Waals surface area contributed by atoms with E-state index in [9.17, 15) is 14.6 Å². The highest BCUT2D eigenvalue weighted by atomic mass is 19.1. The van der Waals surface area contributed by atoms with Gasteiger partial charge in [-0.05, 0) is 12.0 Å². The fourth-order valence-electron chi connectivity index (χ4n) is 2.50. The molecule has 0 aromatic heterocycles. The molecule has 0 aliphatic carbocycles. The number of alkyl halides is 1. The van der Waals surface area contributed by atoms with Gasteiger partial charge in [0.05, 0.1) is 6.61 Å². The number of nitrogens with two attached hydrogens (primary N) is 1. The highest BCUT2D eigenvalue weighted by Crippen LogP contribution is 2.40. The molecule has 2 aliphatic rings. The average Bonchev–Trinajstić information content (AvgIpc) is 2.64. The number of rotatable bonds is 3. The molecule has 0 unspecified atom stereocenters. The molecule has 4 atom stereocenters. The van der Waals surface area contributed by atoms with E-state index in [1.807, 2.05) is 0 Å². The van der Waals surface area contributed by atoms with Crippen molar-refractivity contribution in [2.24, 2.45) is 16.6 Å². The van der Waals surface area contributed by atoms with Gasteiger partial charge in [-0.15, -0.1) is 0 Å². The first kappa shape index (κ1) is 15.0. The Hall–Kier alpha value is -1.44. The van der Waals surface area contributed by atoms with Gasteiger partial charge in [-0.1, -0.05) is 20.4 Å². The van der Waals surface area contributed by atoms with Gasteiger partial charge in [0.15, 0.2) is 12.4 Å². The van der Waals surface area contributed by atoms with Crippen LogP contribution in [0.3, 0.4) is 0 Å². The normalized spacial score (nSPS) is 37.7. The topological polar surface area (TPSA) is 91.3 Å². The van der Waals surface area contributed by atoms with Crippen LogP contribution in [-0.4, -0.2) is 51.7 Å². The van der Waals surface area contributed by atoms with Crippen molar-refractivity contribution in [2.75, 3.05) is 6.61 Å². The molecular formula is C13H20FN3O3. The van der Waals surface area contributed by atoms with Crippen LogP contribution in [0.25, 0.3) is 0 Å². The van der Waals surface area contributed by atoms with Crippen LogP contribution in [0.15, 0.2) is 29.7 Å². The number of aliphatic hydroxyl groups is 2. The second-order valence-corrected chi connectivity index (χ2v) is 5.34. The van der Waals surface area contributed by atoms with E-state index in [1.165, 1.54) is 17.2 Å². The van der Waals surface area contributed by atoms with Crippen LogP contribution in [0.4, 0.5) is 4.39 Å². The van der Waals surface area contributed by atoms with Gasteiger partial charge in [-0.25, -0.2) is 9.38 Å². The zero-order chi connectivity index (χ0) is 15.1. The predicted octanol–water partition coefficient (Wildman–Crippen LogP) is 0.0865. The van der Waals surface area contributed by atoms with Crippen LogP contribution in [0.1, 0.15) is 13.8 Å². The van der Waals surface area contributed by atoms with Crippen molar-refractivity contribution in [3.05, 3.63) is 24.7 Å². The van der Waals surface area contributed by atoms with Gasteiger partial charge in [0.25, 0.3) is 0 Å². The maximum absolute atomic E-state index is 14.4. The summed E-state index contributed by atoms with van der Waals surface area (Å²) in [5, 5.41) is 19.7. The van der Waals surface area contributed by atoms with Gasteiger partial charge in [0.1, 0.15) is 23.4 Å². The summed E-state index contributed by atoms with van der Waals surface area (Å²) in [5.41, 5.74) is 4.19. The van der Waals surface area contributed by atoms with Crippen molar-refractivity contribution >= 4 is 5.84 Å². The molecule has 20 heavy (non-hydrogen) atoms. The monoisotopic (exact) mass is 285 g/mol. The number of aliphatic hydroxyl groups excluding tert-OH is 2. The second-order valence-electron chi connectivity index (χ2n) is 5.34. The first-order valence-corrected chi connectivity index (χ1v) is 6.44. The van der Waals surface area contributed by atoms with Gasteiger partial charge in [-0.3, -0.25) is 0 Å². The van der Waals surface area contributed by atoms with Crippen LogP contribution in [0, 0.1) is 5.92 Å². The third-order valence-electron chi connectivity index (χ3n) is 3.88. The summed E-state index contributed by atoms with van der Waals surface area (Å²) < 4.78 is 20.1. The maximum Gasteiger partial charge on any atom is 0.174 e. The Morgan fingerprint density at radius 1 is 1.65 bits per heavy atom. The third-order valence-corrected chi connectivity index (χ3v) is 3.88. The summed E-state index contributed by atoms with van der Waals surface area (Å²) in [6.07, 6.45) is -1.23. The van der Waals surface area contributed by atoms with E-state index in [0.717, 1.165) is 0 Å². The molecule has 6 nitrogen and oxygen atoms in total. The Morgan fingerprint density at radius 3 is 2.75 bits per heavy atom. The number of halogens is 1. The Labute approximate surface area is 117 Å². The van der Waals surface area contributed by atoms with E-state index in [4.69, 9.17) is 10.5 Å². The minimum Gasteiger partial charge on any atom is -0.393 e. The predicted molar refractivity (Wildman–Crippen MR) is 72.2 cm³/mol. The number of hydrogen-bond donors (Lipinski definition) is 3. The van der Waals surface area contributed by atoms with Crippen LogP contribution < -0.4 is 5.73 Å². The molecule has 0 bridgehead atoms. The largest absolute Gasteiger partial charge is 0.393 e. The van der Waals surface area contributed by atoms with Gasteiger partial charge in [0, 0.05) is 6.20 Å². The molecule has 1 saturated heterocycles. The van der Waals surface area contributed by atoms with E-state index in [1.54, 1.807) is 13.8 Å². The Kier molecular flexibility index (Phi) is 3.86. The summed E-state index contributed by atoms with van der Waals surface area (Å²) >= 11 is 0. The fraction of sp³-hybridized carbons (Fsp3) is 0.615. The Morgan fingerprint density at radius 2 is 2.30 bits per heavy atom. The van der Waals surface area contributed by atoms with Crippen molar-refractivity contribution in [2.45, 2.75) is 38.0 Å². The van der Waals surface area contributed by atoms with E-state index in [0.29, 0.717) is 0 Å². The lowest BCUT2D eigenvalue weighted by Gasteiger charge is -2.35. The van der Waals surface area contributed by atoms with Crippen LogP contribution >= 0.6 is 0 Å². The van der Waals surface area contributed by atoms with Crippen molar-refractivity contribution in [3.63, 3.8) is 0 Å². The number of hydrogen-bond acceptors (Lipinski definition) is 6. The molecule has 0 amide bonds. The molecule has 7 heteroatoms. The number of aliphatic imine (C=N–C) groups is 1. The summed E-state index contributed by atoms with van der Waals surface area (Å²) in [7, 11) is 0. The van der Waals surface area contributed by atoms with Gasteiger partial charge in [-0.2, -0.15) is 0 Å². The standard InChI is InChI=1S/C13H20FN3O3/c1-7(2)13(6-18)11(19)10(14)12(20-13)17-5-4-9(15)16-8(17)3/h4-5,7,10-12,18-19H,3,6H2,1-2H3,(H2,15,16)/t10-,11+,12-,13+/m1/s1. The first-order valence-electron chi connectivity index (χ1n) is 6.44. The molecule has 1 fully saturated rings. The van der Waals surface area contributed by atoms with E-state index >= 15 is 0 Å². The fourth-order valence-corrected chi connectivity index (χ4v) is 2.50. The minimum absolute atomic E-state index is 0.224. The molecule has 2 rings (SSSR count). The average molecular weight is 285 g/mol. The Balaban J connectivity index is 2.28. The zero-order valence-electron chi connectivity index (χ0n) is 11.5. The highest BCUT2D eigenvalue weighted by Gasteiger charge is 2.58. The van der Waals surface area contributed by atoms with Crippen LogP contribution in [0.2, 0.25) is 0 Å². The summed E-state index contributed by atoms with van der Waals surface area (Å²) in [5.74, 6) is 0.223. The van der Waals surface area contributed by atoms with Gasteiger partial charge in [0.2, 0.25) is 0 Å². The molecule has 2 heterocycles. The number of ether oxygens (including phenoxy) is 1. The molecular weight excluding hydrogens is 265 g/mol. The van der Waals surface area contributed by atoms with Crippen molar-refractivity contribution in [1.29, 1.82) is 0 Å². The number of nitrogens with zero attached hydrogens (tertiary/aromatic N) is 2. The van der Waals surface area contributed by atoms with Gasteiger partial charge < -0.3 is 25.6 Å². The Bertz CT molecular complexity index is 466. The quantitative estimate of drug-likeness (QED) is 0.683. The lowest BCUT2D eigenvalue weighted by molar-refractivity contribution is -0.157. The van der Waals surface area contributed by atoms with E-state index in [2.05, 4.69) is 11.6 Å². The minimum atomic E-state index is -1.69. The molecule has 112 valence electrons. The third kappa shape index (κ3) is 2.11. The molecule has 0 radical (unpaired) electrons. The van der Waals surface area contributed by atoms with E-state index < -0.39 is 30.7 Å². The molecule has 2 aliphatic heterocycles. The SMILES string of the molecule is C=C1N=C(N)C=CN1[C@@H]1O[C@@](CO)(C(C)C)[C@@H](O)[C@H]1F. The molecule has 0 aromatic rings. The molecule has 0 aromatic carbocycles. The van der Waals surface area contributed by atoms with E-state index in [-0.39, 0.29) is 17.6 Å². The smallest absolute Gasteiger partial charge is 0.174 e. The molecule has 0 saturated carbocycles. The number of amidine groups is 1. The second kappa shape index (κ2) is 5.16. The van der Waals surface area contributed by atoms with Crippen molar-refractivity contribution in [3.8, 4) is 0 Å². The van der Waals surface area contributed by atoms with Crippen LogP contribution in [-0.2, 0) is 4.74 Å². The van der Waals surface area contributed by atoms with Crippen molar-refractivity contribution < 1.29 is 19.3 Å². The lowest BCUT2D eigenvalue weighted by atomic mass is 9.85. The van der Waals surface area contributed by atoms with Crippen molar-refractivity contribution in [1.82, 2.24) is 4.90 Å². The maximum atomic E-state index is 14.4. The molecule has 4 N–H and O–H groups in total. The first-order chi connectivity index (χ1) is 9.33. The highest BCUT2D eigenvalue weighted by molar-refractivity contribution is 5.92. The zero-order valence-corrected chi connectivity index (χ0v) is 11.5. The summed E-state index contributed by atoms with van der Waals surface area (Å²) in [4.78, 5) is 5.30. The van der Waals surface area contributed by atoms with Gasteiger partial charge >= 0.3 is 0 Å². The lowest BCUT2D eigenvalue weighted by Crippen LogP contribution is -2.49. The molecule has 0 spiro atoms.